The fourth-order valence-corrected chi connectivity index (χ4v) is 2.92. The maximum absolute atomic E-state index is 12.2. The molecule has 0 bridgehead atoms. The van der Waals surface area contributed by atoms with Gasteiger partial charge in [0.2, 0.25) is 0 Å². The Morgan fingerprint density at radius 2 is 2.00 bits per heavy atom. The van der Waals surface area contributed by atoms with E-state index in [9.17, 15) is 10.1 Å². The van der Waals surface area contributed by atoms with Crippen LogP contribution < -0.4 is 9.47 Å². The molecular weight excluding hydrogens is 360 g/mol. The minimum Gasteiger partial charge on any atom is -0.497 e. The number of esters is 1. The smallest absolute Gasteiger partial charge is 0.341 e. The molecule has 0 atom stereocenters. The van der Waals surface area contributed by atoms with Gasteiger partial charge < -0.3 is 23.5 Å². The quantitative estimate of drug-likeness (QED) is 0.459. The zero-order valence-electron chi connectivity index (χ0n) is 15.9. The molecular formula is C21H20N2O5. The number of methoxy groups -OCH3 is 2. The van der Waals surface area contributed by atoms with E-state index in [-0.39, 0.29) is 13.4 Å². The topological polar surface area (TPSA) is 82.7 Å². The number of nitriles is 1. The van der Waals surface area contributed by atoms with Gasteiger partial charge in [-0.2, -0.15) is 5.26 Å². The Morgan fingerprint density at radius 1 is 1.18 bits per heavy atom. The van der Waals surface area contributed by atoms with Crippen LogP contribution in [-0.2, 0) is 9.47 Å². The third kappa shape index (κ3) is 3.63. The van der Waals surface area contributed by atoms with Crippen molar-refractivity contribution in [2.24, 2.45) is 0 Å². The van der Waals surface area contributed by atoms with E-state index in [1.165, 1.54) is 7.11 Å². The molecule has 0 saturated carbocycles. The highest BCUT2D eigenvalue weighted by Gasteiger charge is 2.17. The molecule has 0 radical (unpaired) electrons. The number of carbonyl (C=O) groups excluding carboxylic acids is 1. The Labute approximate surface area is 162 Å². The summed E-state index contributed by atoms with van der Waals surface area (Å²) in [4.78, 5) is 12.2. The van der Waals surface area contributed by atoms with Gasteiger partial charge in [-0.05, 0) is 37.3 Å². The predicted octanol–water partition coefficient (Wildman–Crippen LogP) is 3.67. The van der Waals surface area contributed by atoms with Crippen LogP contribution in [0.4, 0.5) is 0 Å². The van der Waals surface area contributed by atoms with Gasteiger partial charge in [0, 0.05) is 30.4 Å². The van der Waals surface area contributed by atoms with E-state index in [4.69, 9.17) is 18.9 Å². The second kappa shape index (κ2) is 8.46. The summed E-state index contributed by atoms with van der Waals surface area (Å²) >= 11 is 0. The molecule has 0 aliphatic rings. The second-order valence-electron chi connectivity index (χ2n) is 5.86. The third-order valence-corrected chi connectivity index (χ3v) is 4.20. The minimum atomic E-state index is -0.472. The lowest BCUT2D eigenvalue weighted by molar-refractivity contribution is 0.0438. The molecule has 0 amide bonds. The van der Waals surface area contributed by atoms with E-state index in [2.05, 4.69) is 6.07 Å². The first-order valence-corrected chi connectivity index (χ1v) is 8.65. The molecule has 0 spiro atoms. The van der Waals surface area contributed by atoms with E-state index in [0.29, 0.717) is 22.6 Å². The van der Waals surface area contributed by atoms with E-state index in [1.54, 1.807) is 38.4 Å². The first-order chi connectivity index (χ1) is 13.6. The van der Waals surface area contributed by atoms with Crippen LogP contribution in [0, 0.1) is 11.3 Å². The van der Waals surface area contributed by atoms with Crippen molar-refractivity contribution in [2.45, 2.75) is 6.92 Å². The van der Waals surface area contributed by atoms with Gasteiger partial charge in [-0.1, -0.05) is 0 Å². The first kappa shape index (κ1) is 19.3. The van der Waals surface area contributed by atoms with Crippen LogP contribution in [0.1, 0.15) is 22.8 Å². The molecule has 2 aromatic carbocycles. The van der Waals surface area contributed by atoms with Gasteiger partial charge in [0.1, 0.15) is 23.1 Å². The Hall–Kier alpha value is -3.50. The average molecular weight is 380 g/mol. The number of aromatic nitrogens is 1. The molecule has 0 saturated heterocycles. The Morgan fingerprint density at radius 3 is 2.68 bits per heavy atom. The Bertz CT molecular complexity index is 1050. The van der Waals surface area contributed by atoms with Crippen molar-refractivity contribution in [3.63, 3.8) is 0 Å². The molecule has 144 valence electrons. The third-order valence-electron chi connectivity index (χ3n) is 4.20. The summed E-state index contributed by atoms with van der Waals surface area (Å²) in [6.45, 7) is 1.99. The summed E-state index contributed by atoms with van der Waals surface area (Å²) in [5.41, 5.74) is 2.39. The maximum Gasteiger partial charge on any atom is 0.341 e. The van der Waals surface area contributed by atoms with Crippen molar-refractivity contribution >= 4 is 16.9 Å². The molecule has 0 aliphatic carbocycles. The van der Waals surface area contributed by atoms with Crippen LogP contribution in [0.3, 0.4) is 0 Å². The van der Waals surface area contributed by atoms with Gasteiger partial charge in [-0.3, -0.25) is 0 Å². The van der Waals surface area contributed by atoms with Gasteiger partial charge >= 0.3 is 5.97 Å². The predicted molar refractivity (Wildman–Crippen MR) is 103 cm³/mol. The highest BCUT2D eigenvalue weighted by atomic mass is 16.7. The number of hydrogen-bond acceptors (Lipinski definition) is 6. The molecule has 0 fully saturated rings. The maximum atomic E-state index is 12.2. The summed E-state index contributed by atoms with van der Waals surface area (Å²) < 4.78 is 22.8. The Balaban J connectivity index is 2.13. The van der Waals surface area contributed by atoms with Crippen molar-refractivity contribution in [3.8, 4) is 23.3 Å². The highest BCUT2D eigenvalue weighted by molar-refractivity contribution is 5.93. The zero-order chi connectivity index (χ0) is 20.1. The number of hydrogen-bond donors (Lipinski definition) is 0. The SMILES string of the molecule is CCOC(=O)c1ccc(-n2cc(C#N)c3cc(OC)ccc32)cc1OCOC. The van der Waals surface area contributed by atoms with Gasteiger partial charge in [0.05, 0.1) is 24.8 Å². The molecule has 1 aromatic heterocycles. The van der Waals surface area contributed by atoms with E-state index >= 15 is 0 Å². The molecule has 0 aliphatic heterocycles. The number of ether oxygens (including phenoxy) is 4. The van der Waals surface area contributed by atoms with Gasteiger partial charge in [-0.25, -0.2) is 4.79 Å². The molecule has 0 unspecified atom stereocenters. The average Bonchev–Trinajstić information content (AvgIpc) is 3.10. The lowest BCUT2D eigenvalue weighted by atomic mass is 10.1. The summed E-state index contributed by atoms with van der Waals surface area (Å²) in [5, 5.41) is 10.3. The number of rotatable bonds is 7. The van der Waals surface area contributed by atoms with Crippen LogP contribution in [0.5, 0.6) is 11.5 Å². The van der Waals surface area contributed by atoms with Crippen LogP contribution in [0.2, 0.25) is 0 Å². The van der Waals surface area contributed by atoms with Crippen molar-refractivity contribution in [3.05, 3.63) is 53.7 Å². The zero-order valence-corrected chi connectivity index (χ0v) is 15.9. The van der Waals surface area contributed by atoms with Crippen molar-refractivity contribution in [1.82, 2.24) is 4.57 Å². The van der Waals surface area contributed by atoms with Crippen molar-refractivity contribution < 1.29 is 23.7 Å². The summed E-state index contributed by atoms with van der Waals surface area (Å²) in [7, 11) is 3.08. The van der Waals surface area contributed by atoms with E-state index in [1.807, 2.05) is 22.8 Å². The summed E-state index contributed by atoms with van der Waals surface area (Å²) in [6.07, 6.45) is 1.74. The largest absolute Gasteiger partial charge is 0.497 e. The molecule has 0 N–H and O–H groups in total. The van der Waals surface area contributed by atoms with Gasteiger partial charge in [0.25, 0.3) is 0 Å². The van der Waals surface area contributed by atoms with Crippen LogP contribution >= 0.6 is 0 Å². The Kier molecular flexibility index (Phi) is 5.82. The first-order valence-electron chi connectivity index (χ1n) is 8.65. The van der Waals surface area contributed by atoms with E-state index in [0.717, 1.165) is 16.6 Å². The van der Waals surface area contributed by atoms with Gasteiger partial charge in [-0.15, -0.1) is 0 Å². The highest BCUT2D eigenvalue weighted by Crippen LogP contribution is 2.30. The van der Waals surface area contributed by atoms with Gasteiger partial charge in [0.15, 0.2) is 6.79 Å². The molecule has 7 heteroatoms. The molecule has 1 heterocycles. The summed E-state index contributed by atoms with van der Waals surface area (Å²) in [5.74, 6) is 0.537. The summed E-state index contributed by atoms with van der Waals surface area (Å²) in [6, 6.07) is 12.9. The molecule has 3 aromatic rings. The lowest BCUT2D eigenvalue weighted by Crippen LogP contribution is -2.10. The molecule has 3 rings (SSSR count). The standard InChI is InChI=1S/C21H20N2O5/c1-4-27-21(24)17-7-5-15(9-20(17)28-13-25-2)23-12-14(11-22)18-10-16(26-3)6-8-19(18)23/h5-10,12H,4,13H2,1-3H3. The lowest BCUT2D eigenvalue weighted by Gasteiger charge is -2.13. The van der Waals surface area contributed by atoms with Crippen molar-refractivity contribution in [1.29, 1.82) is 5.26 Å². The number of benzene rings is 2. The van der Waals surface area contributed by atoms with Crippen LogP contribution in [0.15, 0.2) is 42.6 Å². The second-order valence-corrected chi connectivity index (χ2v) is 5.86. The van der Waals surface area contributed by atoms with Crippen molar-refractivity contribution in [2.75, 3.05) is 27.6 Å². The fraction of sp³-hybridized carbons (Fsp3) is 0.238. The number of carbonyl (C=O) groups is 1. The normalized spacial score (nSPS) is 10.5. The van der Waals surface area contributed by atoms with Crippen LogP contribution in [-0.4, -0.2) is 38.2 Å². The molecule has 7 nitrogen and oxygen atoms in total. The van der Waals surface area contributed by atoms with Crippen LogP contribution in [0.25, 0.3) is 16.6 Å². The number of fused-ring (bicyclic) bond motifs is 1. The minimum absolute atomic E-state index is 0.0110. The fourth-order valence-electron chi connectivity index (χ4n) is 2.92. The molecule has 28 heavy (non-hydrogen) atoms. The van der Waals surface area contributed by atoms with E-state index < -0.39 is 5.97 Å². The number of nitrogens with zero attached hydrogens (tertiary/aromatic N) is 2. The monoisotopic (exact) mass is 380 g/mol.